The molecule has 3 aliphatic heterocycles. The van der Waals surface area contributed by atoms with E-state index in [1.54, 1.807) is 21.3 Å². The SMILES string of the molecule is COCCOCOc1c(OC)c(C)cc2c1C(N(C)C)C1Cc3c(O)c(C)c4c(c3C(COC(=O)CCSCOCCOC)N1CC2)OCO4. The molecule has 3 aliphatic rings. The summed E-state index contributed by atoms with van der Waals surface area (Å²) in [6.45, 7) is 6.60. The number of nitrogens with zero attached hydrogens (tertiary/aromatic N) is 2. The summed E-state index contributed by atoms with van der Waals surface area (Å²) < 4.78 is 51.7. The highest BCUT2D eigenvalue weighted by atomic mass is 32.2. The smallest absolute Gasteiger partial charge is 0.306 e. The highest BCUT2D eigenvalue weighted by Crippen LogP contribution is 2.55. The molecule has 0 saturated carbocycles. The number of ether oxygens (including phenoxy) is 9. The number of benzene rings is 2. The lowest BCUT2D eigenvalue weighted by Gasteiger charge is -2.47. The lowest BCUT2D eigenvalue weighted by atomic mass is 9.81. The molecular weight excluding hydrogens is 668 g/mol. The fourth-order valence-electron chi connectivity index (χ4n) is 7.28. The van der Waals surface area contributed by atoms with Gasteiger partial charge in [0.15, 0.2) is 29.8 Å². The number of methoxy groups -OCH3 is 3. The molecule has 3 atom stereocenters. The third-order valence-corrected chi connectivity index (χ3v) is 10.3. The Morgan fingerprint density at radius 1 is 1.02 bits per heavy atom. The number of rotatable bonds is 18. The summed E-state index contributed by atoms with van der Waals surface area (Å²) in [4.78, 5) is 17.7. The first-order valence-electron chi connectivity index (χ1n) is 17.0. The van der Waals surface area contributed by atoms with Crippen molar-refractivity contribution >= 4 is 17.7 Å². The average molecular weight is 721 g/mol. The van der Waals surface area contributed by atoms with Gasteiger partial charge >= 0.3 is 5.97 Å². The zero-order chi connectivity index (χ0) is 35.8. The summed E-state index contributed by atoms with van der Waals surface area (Å²) in [5.41, 5.74) is 5.33. The summed E-state index contributed by atoms with van der Waals surface area (Å²) in [6.07, 6.45) is 1.47. The number of hydrogen-bond acceptors (Lipinski definition) is 14. The van der Waals surface area contributed by atoms with Gasteiger partial charge in [-0.1, -0.05) is 6.07 Å². The Kier molecular flexibility index (Phi) is 13.8. The largest absolute Gasteiger partial charge is 0.507 e. The highest BCUT2D eigenvalue weighted by Gasteiger charge is 2.47. The first kappa shape index (κ1) is 38.3. The van der Waals surface area contributed by atoms with Crippen LogP contribution in [0.3, 0.4) is 0 Å². The number of fused-ring (bicyclic) bond motifs is 5. The second kappa shape index (κ2) is 18.0. The molecule has 0 radical (unpaired) electrons. The number of phenolic OH excluding ortho intramolecular Hbond substituents is 1. The molecule has 13 nitrogen and oxygen atoms in total. The summed E-state index contributed by atoms with van der Waals surface area (Å²) in [5.74, 6) is 3.37. The van der Waals surface area contributed by atoms with Gasteiger partial charge in [-0.15, -0.1) is 11.8 Å². The normalized spacial score (nSPS) is 19.5. The predicted octanol–water partition coefficient (Wildman–Crippen LogP) is 4.16. The van der Waals surface area contributed by atoms with E-state index < -0.39 is 6.04 Å². The van der Waals surface area contributed by atoms with E-state index in [0.717, 1.165) is 27.8 Å². The number of phenols is 1. The fourth-order valence-corrected chi connectivity index (χ4v) is 7.94. The second-order valence-electron chi connectivity index (χ2n) is 12.8. The second-order valence-corrected chi connectivity index (χ2v) is 13.8. The Balaban J connectivity index is 1.49. The number of aryl methyl sites for hydroxylation is 1. The molecule has 0 fully saturated rings. The van der Waals surface area contributed by atoms with Crippen LogP contribution < -0.4 is 18.9 Å². The Hall–Kier alpha value is -2.98. The van der Waals surface area contributed by atoms with Gasteiger partial charge in [0.25, 0.3) is 0 Å². The van der Waals surface area contributed by atoms with E-state index in [2.05, 4.69) is 30.0 Å². The van der Waals surface area contributed by atoms with Crippen LogP contribution in [0.1, 0.15) is 51.9 Å². The molecule has 2 aromatic rings. The van der Waals surface area contributed by atoms with Crippen molar-refractivity contribution in [2.75, 3.05) is 100 Å². The van der Waals surface area contributed by atoms with E-state index in [-0.39, 0.29) is 50.4 Å². The molecule has 14 heteroatoms. The molecule has 5 rings (SSSR count). The van der Waals surface area contributed by atoms with Crippen LogP contribution in [-0.2, 0) is 41.3 Å². The van der Waals surface area contributed by atoms with Gasteiger partial charge in [-0.2, -0.15) is 0 Å². The van der Waals surface area contributed by atoms with Crippen LogP contribution in [0.2, 0.25) is 0 Å². The Labute approximate surface area is 299 Å². The van der Waals surface area contributed by atoms with Crippen LogP contribution in [0.15, 0.2) is 6.07 Å². The maximum absolute atomic E-state index is 13.1. The fraction of sp³-hybridized carbons (Fsp3) is 0.639. The van der Waals surface area contributed by atoms with Crippen LogP contribution in [-0.4, -0.2) is 127 Å². The summed E-state index contributed by atoms with van der Waals surface area (Å²) in [5, 5.41) is 11.7. The van der Waals surface area contributed by atoms with E-state index in [4.69, 9.17) is 42.6 Å². The van der Waals surface area contributed by atoms with E-state index in [1.807, 2.05) is 13.8 Å². The minimum absolute atomic E-state index is 0.0343. The molecular formula is C36H52N2O11S. The van der Waals surface area contributed by atoms with Crippen molar-refractivity contribution in [3.8, 4) is 28.7 Å². The van der Waals surface area contributed by atoms with Crippen molar-refractivity contribution in [1.82, 2.24) is 9.80 Å². The van der Waals surface area contributed by atoms with Crippen molar-refractivity contribution in [3.05, 3.63) is 39.4 Å². The zero-order valence-corrected chi connectivity index (χ0v) is 31.2. The van der Waals surface area contributed by atoms with Gasteiger partial charge in [0.2, 0.25) is 6.79 Å². The summed E-state index contributed by atoms with van der Waals surface area (Å²) in [7, 11) is 9.02. The van der Waals surface area contributed by atoms with Gasteiger partial charge in [0.05, 0.1) is 58.0 Å². The number of carbonyl (C=O) groups is 1. The van der Waals surface area contributed by atoms with Crippen LogP contribution >= 0.6 is 11.8 Å². The van der Waals surface area contributed by atoms with Crippen LogP contribution in [0.5, 0.6) is 28.7 Å². The minimum Gasteiger partial charge on any atom is -0.507 e. The summed E-state index contributed by atoms with van der Waals surface area (Å²) in [6, 6.07) is 1.44. The monoisotopic (exact) mass is 720 g/mol. The van der Waals surface area contributed by atoms with Gasteiger partial charge in [-0.3, -0.25) is 9.69 Å². The molecule has 3 heterocycles. The average Bonchev–Trinajstić information content (AvgIpc) is 3.53. The van der Waals surface area contributed by atoms with Crippen molar-refractivity contribution in [2.45, 2.75) is 51.2 Å². The third-order valence-electron chi connectivity index (χ3n) is 9.51. The molecule has 0 saturated heterocycles. The lowest BCUT2D eigenvalue weighted by molar-refractivity contribution is -0.145. The molecule has 278 valence electrons. The molecule has 0 amide bonds. The molecule has 0 aromatic heterocycles. The molecule has 0 aliphatic carbocycles. The standard InChI is InChI=1S/C36H52N2O11S/c1-22-16-24-8-10-38-26(31(37(3)4)29(24)35(33(22)43-7)47-19-44-13-11-41-5)17-25-30(36-34(48-20-49-36)23(2)32(25)40)27(38)18-46-28(39)9-15-50-21-45-14-12-42-6/h16,26-27,31,40H,8-15,17-21H2,1-7H3. The molecule has 2 aromatic carbocycles. The quantitative estimate of drug-likeness (QED) is 0.135. The van der Waals surface area contributed by atoms with Crippen molar-refractivity contribution in [3.63, 3.8) is 0 Å². The molecule has 3 unspecified atom stereocenters. The van der Waals surface area contributed by atoms with Gasteiger partial charge in [0, 0.05) is 54.8 Å². The first-order valence-corrected chi connectivity index (χ1v) is 18.1. The topological polar surface area (TPSA) is 127 Å². The summed E-state index contributed by atoms with van der Waals surface area (Å²) >= 11 is 1.53. The van der Waals surface area contributed by atoms with Gasteiger partial charge in [-0.05, 0) is 51.9 Å². The van der Waals surface area contributed by atoms with Crippen molar-refractivity contribution in [2.24, 2.45) is 0 Å². The third kappa shape index (κ3) is 8.22. The number of esters is 1. The van der Waals surface area contributed by atoms with Gasteiger partial charge in [0.1, 0.15) is 12.4 Å². The minimum atomic E-state index is -0.402. The van der Waals surface area contributed by atoms with Crippen LogP contribution in [0, 0.1) is 13.8 Å². The number of carbonyl (C=O) groups excluding carboxylic acids is 1. The Bertz CT molecular complexity index is 1470. The van der Waals surface area contributed by atoms with E-state index >= 15 is 0 Å². The van der Waals surface area contributed by atoms with Crippen molar-refractivity contribution in [1.29, 1.82) is 0 Å². The maximum Gasteiger partial charge on any atom is 0.306 e. The molecule has 0 spiro atoms. The first-order chi connectivity index (χ1) is 24.2. The molecule has 1 N–H and O–H groups in total. The van der Waals surface area contributed by atoms with E-state index in [9.17, 15) is 9.90 Å². The molecule has 0 bridgehead atoms. The predicted molar refractivity (Wildman–Crippen MR) is 188 cm³/mol. The number of hydrogen-bond donors (Lipinski definition) is 1. The van der Waals surface area contributed by atoms with Crippen LogP contribution in [0.25, 0.3) is 0 Å². The zero-order valence-electron chi connectivity index (χ0n) is 30.3. The number of thioether (sulfide) groups is 1. The Morgan fingerprint density at radius 3 is 2.48 bits per heavy atom. The van der Waals surface area contributed by atoms with Gasteiger partial charge < -0.3 is 52.6 Å². The molecule has 50 heavy (non-hydrogen) atoms. The highest BCUT2D eigenvalue weighted by molar-refractivity contribution is 7.99. The van der Waals surface area contributed by atoms with E-state index in [0.29, 0.717) is 86.1 Å². The van der Waals surface area contributed by atoms with Crippen molar-refractivity contribution < 1.29 is 52.5 Å². The Morgan fingerprint density at radius 2 is 1.76 bits per heavy atom. The van der Waals surface area contributed by atoms with E-state index in [1.165, 1.54) is 11.8 Å². The van der Waals surface area contributed by atoms with Crippen LogP contribution in [0.4, 0.5) is 0 Å². The van der Waals surface area contributed by atoms with Gasteiger partial charge in [-0.25, -0.2) is 0 Å². The lowest BCUT2D eigenvalue weighted by Crippen LogP contribution is -2.51. The maximum atomic E-state index is 13.1. The number of likely N-dealkylation sites (N-methyl/N-ethyl adjacent to an activating group) is 1. The number of aromatic hydroxyl groups is 1.